The zero-order chi connectivity index (χ0) is 10.0. The molecular weight excluding hydrogens is 209 g/mol. The van der Waals surface area contributed by atoms with Crippen LogP contribution in [-0.4, -0.2) is 10.8 Å². The molecule has 1 rings (SSSR count). The largest absolute Gasteiger partial charge is 0.294 e. The van der Waals surface area contributed by atoms with Crippen LogP contribution in [0, 0.1) is 5.92 Å². The van der Waals surface area contributed by atoms with Gasteiger partial charge in [0.15, 0.2) is 5.78 Å². The molecule has 0 aliphatic heterocycles. The summed E-state index contributed by atoms with van der Waals surface area (Å²) < 4.78 is 0. The van der Waals surface area contributed by atoms with Crippen LogP contribution in [0.5, 0.6) is 0 Å². The second-order valence-electron chi connectivity index (χ2n) is 3.02. The van der Waals surface area contributed by atoms with Crippen molar-refractivity contribution in [2.45, 2.75) is 13.8 Å². The maximum Gasteiger partial charge on any atom is 0.165 e. The van der Waals surface area contributed by atoms with Gasteiger partial charge in [-0.25, -0.2) is 4.98 Å². The van der Waals surface area contributed by atoms with Crippen LogP contribution in [0.15, 0.2) is 12.1 Å². The number of aromatic nitrogens is 1. The van der Waals surface area contributed by atoms with E-state index in [1.807, 2.05) is 13.8 Å². The van der Waals surface area contributed by atoms with Crippen molar-refractivity contribution >= 4 is 29.0 Å². The Morgan fingerprint density at radius 1 is 1.31 bits per heavy atom. The molecular formula is C9H9Cl2NO. The van der Waals surface area contributed by atoms with Crippen molar-refractivity contribution in [2.75, 3.05) is 0 Å². The van der Waals surface area contributed by atoms with Crippen molar-refractivity contribution in [3.8, 4) is 0 Å². The van der Waals surface area contributed by atoms with Crippen molar-refractivity contribution in [3.05, 3.63) is 28.0 Å². The fourth-order valence-corrected chi connectivity index (χ4v) is 1.40. The van der Waals surface area contributed by atoms with Gasteiger partial charge in [-0.2, -0.15) is 0 Å². The van der Waals surface area contributed by atoms with E-state index in [1.165, 1.54) is 12.1 Å². The van der Waals surface area contributed by atoms with Crippen LogP contribution in [0.2, 0.25) is 10.3 Å². The molecule has 1 aromatic rings. The highest BCUT2D eigenvalue weighted by atomic mass is 35.5. The van der Waals surface area contributed by atoms with E-state index in [2.05, 4.69) is 4.98 Å². The molecule has 1 heterocycles. The lowest BCUT2D eigenvalue weighted by atomic mass is 10.0. The zero-order valence-electron chi connectivity index (χ0n) is 7.34. The Morgan fingerprint density at radius 3 is 2.15 bits per heavy atom. The van der Waals surface area contributed by atoms with Crippen LogP contribution in [0.4, 0.5) is 0 Å². The van der Waals surface area contributed by atoms with E-state index in [9.17, 15) is 4.79 Å². The predicted octanol–water partition coefficient (Wildman–Crippen LogP) is 3.23. The van der Waals surface area contributed by atoms with Gasteiger partial charge in [-0.1, -0.05) is 37.0 Å². The highest BCUT2D eigenvalue weighted by Gasteiger charge is 2.11. The highest BCUT2D eigenvalue weighted by Crippen LogP contribution is 2.17. The van der Waals surface area contributed by atoms with Gasteiger partial charge in [-0.15, -0.1) is 0 Å². The number of ketones is 1. The number of pyridine rings is 1. The molecule has 0 amide bonds. The van der Waals surface area contributed by atoms with Gasteiger partial charge >= 0.3 is 0 Å². The second kappa shape index (κ2) is 4.07. The Kier molecular flexibility index (Phi) is 3.28. The number of hydrogen-bond donors (Lipinski definition) is 0. The van der Waals surface area contributed by atoms with E-state index in [4.69, 9.17) is 23.2 Å². The smallest absolute Gasteiger partial charge is 0.165 e. The van der Waals surface area contributed by atoms with Gasteiger partial charge in [0.05, 0.1) is 0 Å². The lowest BCUT2D eigenvalue weighted by Crippen LogP contribution is -2.07. The maximum absolute atomic E-state index is 11.5. The Morgan fingerprint density at radius 2 is 1.77 bits per heavy atom. The summed E-state index contributed by atoms with van der Waals surface area (Å²) in [6, 6.07) is 3.05. The summed E-state index contributed by atoms with van der Waals surface area (Å²) in [5, 5.41) is 0.494. The molecule has 0 atom stereocenters. The van der Waals surface area contributed by atoms with Crippen molar-refractivity contribution < 1.29 is 4.79 Å². The summed E-state index contributed by atoms with van der Waals surface area (Å²) >= 11 is 11.3. The number of Topliss-reactive ketones (excluding diaryl/α,β-unsaturated/α-hetero) is 1. The number of carbonyl (C=O) groups excluding carboxylic acids is 1. The SMILES string of the molecule is CC(C)C(=O)c1cc(Cl)nc(Cl)c1. The van der Waals surface area contributed by atoms with Gasteiger partial charge in [0.2, 0.25) is 0 Å². The van der Waals surface area contributed by atoms with E-state index in [1.54, 1.807) is 0 Å². The summed E-state index contributed by atoms with van der Waals surface area (Å²) in [7, 11) is 0. The first-order valence-corrected chi connectivity index (χ1v) is 4.63. The fourth-order valence-electron chi connectivity index (χ4n) is 0.940. The number of halogens is 2. The minimum atomic E-state index is -0.0606. The van der Waals surface area contributed by atoms with Crippen LogP contribution in [0.1, 0.15) is 24.2 Å². The van der Waals surface area contributed by atoms with E-state index < -0.39 is 0 Å². The van der Waals surface area contributed by atoms with Gasteiger partial charge in [0.1, 0.15) is 10.3 Å². The molecule has 2 nitrogen and oxygen atoms in total. The Hall–Kier alpha value is -0.600. The van der Waals surface area contributed by atoms with Crippen LogP contribution in [-0.2, 0) is 0 Å². The van der Waals surface area contributed by atoms with Gasteiger partial charge < -0.3 is 0 Å². The quantitative estimate of drug-likeness (QED) is 0.563. The summed E-state index contributed by atoms with van der Waals surface area (Å²) in [5.74, 6) is -0.0410. The van der Waals surface area contributed by atoms with Crippen molar-refractivity contribution in [2.24, 2.45) is 5.92 Å². The number of hydrogen-bond acceptors (Lipinski definition) is 2. The highest BCUT2D eigenvalue weighted by molar-refractivity contribution is 6.33. The third kappa shape index (κ3) is 2.68. The molecule has 0 aliphatic rings. The molecule has 0 unspecified atom stereocenters. The molecule has 70 valence electrons. The summed E-state index contributed by atoms with van der Waals surface area (Å²) in [5.41, 5.74) is 0.514. The third-order valence-electron chi connectivity index (χ3n) is 1.57. The van der Waals surface area contributed by atoms with Gasteiger partial charge in [-0.05, 0) is 12.1 Å². The summed E-state index contributed by atoms with van der Waals surface area (Å²) in [6.07, 6.45) is 0. The fraction of sp³-hybridized carbons (Fsp3) is 0.333. The molecule has 13 heavy (non-hydrogen) atoms. The lowest BCUT2D eigenvalue weighted by Gasteiger charge is -2.04. The Bertz CT molecular complexity index is 316. The summed E-state index contributed by atoms with van der Waals surface area (Å²) in [6.45, 7) is 3.65. The Balaban J connectivity index is 3.08. The molecule has 0 aromatic carbocycles. The molecule has 1 aromatic heterocycles. The monoisotopic (exact) mass is 217 g/mol. The number of carbonyl (C=O) groups is 1. The standard InChI is InChI=1S/C9H9Cl2NO/c1-5(2)9(13)6-3-7(10)12-8(11)4-6/h3-5H,1-2H3. The normalized spacial score (nSPS) is 10.5. The van der Waals surface area contributed by atoms with E-state index in [0.717, 1.165) is 0 Å². The third-order valence-corrected chi connectivity index (χ3v) is 1.96. The number of rotatable bonds is 2. The van der Waals surface area contributed by atoms with Crippen molar-refractivity contribution in [3.63, 3.8) is 0 Å². The van der Waals surface area contributed by atoms with Gasteiger partial charge in [-0.3, -0.25) is 4.79 Å². The van der Waals surface area contributed by atoms with Crippen molar-refractivity contribution in [1.82, 2.24) is 4.98 Å². The molecule has 0 radical (unpaired) electrons. The first-order valence-electron chi connectivity index (χ1n) is 3.88. The van der Waals surface area contributed by atoms with Crippen LogP contribution >= 0.6 is 23.2 Å². The molecule has 0 saturated heterocycles. The maximum atomic E-state index is 11.5. The minimum Gasteiger partial charge on any atom is -0.294 e. The predicted molar refractivity (Wildman–Crippen MR) is 53.4 cm³/mol. The Labute approximate surface area is 86.9 Å². The molecule has 4 heteroatoms. The molecule has 0 aliphatic carbocycles. The van der Waals surface area contributed by atoms with Gasteiger partial charge in [0.25, 0.3) is 0 Å². The van der Waals surface area contributed by atoms with E-state index in [0.29, 0.717) is 5.56 Å². The van der Waals surface area contributed by atoms with Gasteiger partial charge in [0, 0.05) is 11.5 Å². The first kappa shape index (κ1) is 10.5. The molecule has 0 N–H and O–H groups in total. The average molecular weight is 218 g/mol. The van der Waals surface area contributed by atoms with Crippen LogP contribution in [0.3, 0.4) is 0 Å². The summed E-state index contributed by atoms with van der Waals surface area (Å²) in [4.78, 5) is 15.3. The van der Waals surface area contributed by atoms with Crippen LogP contribution in [0.25, 0.3) is 0 Å². The minimum absolute atomic E-state index is 0.0196. The molecule has 0 bridgehead atoms. The molecule has 0 spiro atoms. The lowest BCUT2D eigenvalue weighted by molar-refractivity contribution is 0.0939. The first-order chi connectivity index (χ1) is 6.00. The average Bonchev–Trinajstić information content (AvgIpc) is 2.01. The second-order valence-corrected chi connectivity index (χ2v) is 3.79. The van der Waals surface area contributed by atoms with Crippen molar-refractivity contribution in [1.29, 1.82) is 0 Å². The molecule has 0 saturated carbocycles. The van der Waals surface area contributed by atoms with Crippen LogP contribution < -0.4 is 0 Å². The topological polar surface area (TPSA) is 30.0 Å². The zero-order valence-corrected chi connectivity index (χ0v) is 8.86. The molecule has 0 fully saturated rings. The van der Waals surface area contributed by atoms with E-state index >= 15 is 0 Å². The number of nitrogens with zero attached hydrogens (tertiary/aromatic N) is 1. The van der Waals surface area contributed by atoms with E-state index in [-0.39, 0.29) is 22.0 Å².